The molecule has 25 heavy (non-hydrogen) atoms. The van der Waals surface area contributed by atoms with E-state index in [0.717, 1.165) is 51.9 Å². The highest BCUT2D eigenvalue weighted by atomic mass is 16.6. The van der Waals surface area contributed by atoms with Crippen LogP contribution in [0.3, 0.4) is 0 Å². The molecular formula is C19H35N3O3. The van der Waals surface area contributed by atoms with Gasteiger partial charge in [-0.05, 0) is 58.5 Å². The molecule has 0 aliphatic carbocycles. The van der Waals surface area contributed by atoms with Gasteiger partial charge in [0.05, 0.1) is 12.3 Å². The predicted octanol–water partition coefficient (Wildman–Crippen LogP) is 3.51. The van der Waals surface area contributed by atoms with Crippen LogP contribution in [-0.4, -0.2) is 67.5 Å². The molecule has 2 heterocycles. The number of hydrogen-bond acceptors (Lipinski definition) is 5. The summed E-state index contributed by atoms with van der Waals surface area (Å²) in [5, 5.41) is 4.28. The molecule has 1 atom stereocenters. The van der Waals surface area contributed by atoms with Crippen LogP contribution < -0.4 is 0 Å². The summed E-state index contributed by atoms with van der Waals surface area (Å²) in [5.74, 6) is 0.568. The SMILES string of the molecule is CCCC(=NOC)C1CCN(C2CCCN(C(=O)OCC)CC2)CC1. The third-order valence-electron chi connectivity index (χ3n) is 5.46. The molecule has 2 fully saturated rings. The summed E-state index contributed by atoms with van der Waals surface area (Å²) in [4.78, 5) is 21.5. The van der Waals surface area contributed by atoms with Crippen LogP contribution in [0.2, 0.25) is 0 Å². The molecule has 0 spiro atoms. The van der Waals surface area contributed by atoms with Crippen molar-refractivity contribution in [2.24, 2.45) is 11.1 Å². The zero-order valence-corrected chi connectivity index (χ0v) is 16.2. The van der Waals surface area contributed by atoms with Crippen LogP contribution >= 0.6 is 0 Å². The Morgan fingerprint density at radius 3 is 2.48 bits per heavy atom. The standard InChI is InChI=1S/C19H35N3O3/c1-4-7-18(20-24-3)16-9-13-21(14-10-16)17-8-6-12-22(15-11-17)19(23)25-5-2/h16-17H,4-15H2,1-3H3. The summed E-state index contributed by atoms with van der Waals surface area (Å²) in [6.07, 6.45) is 7.63. The Labute approximate surface area is 152 Å². The fourth-order valence-corrected chi connectivity index (χ4v) is 4.14. The molecule has 2 saturated heterocycles. The normalized spacial score (nSPS) is 24.0. The number of piperidine rings is 1. The van der Waals surface area contributed by atoms with Crippen LogP contribution in [0, 0.1) is 5.92 Å². The van der Waals surface area contributed by atoms with E-state index < -0.39 is 0 Å². The Morgan fingerprint density at radius 1 is 1.08 bits per heavy atom. The van der Waals surface area contributed by atoms with Crippen LogP contribution in [0.15, 0.2) is 5.16 Å². The van der Waals surface area contributed by atoms with E-state index in [1.807, 2.05) is 11.8 Å². The first kappa shape index (κ1) is 20.0. The fourth-order valence-electron chi connectivity index (χ4n) is 4.14. The molecule has 6 nitrogen and oxygen atoms in total. The van der Waals surface area contributed by atoms with Gasteiger partial charge in [-0.1, -0.05) is 18.5 Å². The smallest absolute Gasteiger partial charge is 0.409 e. The average Bonchev–Trinajstić information content (AvgIpc) is 2.88. The van der Waals surface area contributed by atoms with E-state index in [9.17, 15) is 4.79 Å². The predicted molar refractivity (Wildman–Crippen MR) is 99.9 cm³/mol. The van der Waals surface area contributed by atoms with Crippen LogP contribution in [0.4, 0.5) is 4.79 Å². The van der Waals surface area contributed by atoms with Gasteiger partial charge in [-0.2, -0.15) is 0 Å². The second-order valence-corrected chi connectivity index (χ2v) is 7.10. The third kappa shape index (κ3) is 5.87. The van der Waals surface area contributed by atoms with Crippen LogP contribution in [0.1, 0.15) is 58.8 Å². The van der Waals surface area contributed by atoms with Gasteiger partial charge in [0.25, 0.3) is 0 Å². The lowest BCUT2D eigenvalue weighted by Crippen LogP contribution is -2.43. The average molecular weight is 354 g/mol. The first-order valence-electron chi connectivity index (χ1n) is 9.95. The number of likely N-dealkylation sites (tertiary alicyclic amines) is 2. The van der Waals surface area contributed by atoms with Gasteiger partial charge < -0.3 is 19.4 Å². The number of amides is 1. The Morgan fingerprint density at radius 2 is 1.84 bits per heavy atom. The Bertz CT molecular complexity index is 434. The molecule has 0 saturated carbocycles. The summed E-state index contributed by atoms with van der Waals surface area (Å²) < 4.78 is 5.15. The van der Waals surface area contributed by atoms with Gasteiger partial charge in [-0.3, -0.25) is 0 Å². The van der Waals surface area contributed by atoms with E-state index in [0.29, 0.717) is 18.6 Å². The van der Waals surface area contributed by atoms with Crippen molar-refractivity contribution in [2.75, 3.05) is 39.9 Å². The summed E-state index contributed by atoms with van der Waals surface area (Å²) in [6.45, 7) is 8.41. The molecule has 2 aliphatic heterocycles. The molecule has 1 unspecified atom stereocenters. The molecule has 6 heteroatoms. The number of oxime groups is 1. The van der Waals surface area contributed by atoms with Gasteiger partial charge in [0, 0.05) is 25.0 Å². The minimum Gasteiger partial charge on any atom is -0.450 e. The van der Waals surface area contributed by atoms with Crippen molar-refractivity contribution in [3.8, 4) is 0 Å². The van der Waals surface area contributed by atoms with Crippen molar-refractivity contribution in [2.45, 2.75) is 64.8 Å². The Hall–Kier alpha value is -1.30. The Kier molecular flexibility index (Phi) is 8.52. The largest absolute Gasteiger partial charge is 0.450 e. The number of ether oxygens (including phenoxy) is 1. The third-order valence-corrected chi connectivity index (χ3v) is 5.46. The molecule has 0 N–H and O–H groups in total. The number of hydrogen-bond donors (Lipinski definition) is 0. The first-order chi connectivity index (χ1) is 12.2. The monoisotopic (exact) mass is 353 g/mol. The lowest BCUT2D eigenvalue weighted by Gasteiger charge is -2.37. The highest BCUT2D eigenvalue weighted by molar-refractivity contribution is 5.86. The van der Waals surface area contributed by atoms with Gasteiger partial charge in [-0.15, -0.1) is 0 Å². The van der Waals surface area contributed by atoms with Gasteiger partial charge >= 0.3 is 6.09 Å². The van der Waals surface area contributed by atoms with Crippen molar-refractivity contribution in [1.82, 2.24) is 9.80 Å². The number of carbonyl (C=O) groups excluding carboxylic acids is 1. The summed E-state index contributed by atoms with van der Waals surface area (Å²) in [7, 11) is 1.64. The number of carbonyl (C=O) groups is 1. The molecule has 0 radical (unpaired) electrons. The van der Waals surface area contributed by atoms with E-state index in [2.05, 4.69) is 17.0 Å². The molecular weight excluding hydrogens is 318 g/mol. The molecule has 1 amide bonds. The number of nitrogens with zero attached hydrogens (tertiary/aromatic N) is 3. The molecule has 0 aromatic rings. The molecule has 2 rings (SSSR count). The van der Waals surface area contributed by atoms with E-state index >= 15 is 0 Å². The van der Waals surface area contributed by atoms with Gasteiger partial charge in [0.1, 0.15) is 7.11 Å². The topological polar surface area (TPSA) is 54.4 Å². The van der Waals surface area contributed by atoms with E-state index in [1.165, 1.54) is 25.0 Å². The van der Waals surface area contributed by atoms with E-state index in [1.54, 1.807) is 7.11 Å². The van der Waals surface area contributed by atoms with E-state index in [-0.39, 0.29) is 6.09 Å². The maximum atomic E-state index is 11.9. The Balaban J connectivity index is 1.82. The van der Waals surface area contributed by atoms with Crippen LogP contribution in [0.25, 0.3) is 0 Å². The van der Waals surface area contributed by atoms with Crippen molar-refractivity contribution >= 4 is 11.8 Å². The maximum Gasteiger partial charge on any atom is 0.409 e. The lowest BCUT2D eigenvalue weighted by atomic mass is 9.88. The van der Waals surface area contributed by atoms with Crippen molar-refractivity contribution in [3.63, 3.8) is 0 Å². The second-order valence-electron chi connectivity index (χ2n) is 7.10. The summed E-state index contributed by atoms with van der Waals surface area (Å²) >= 11 is 0. The molecule has 2 aliphatic rings. The fraction of sp³-hybridized carbons (Fsp3) is 0.895. The minimum absolute atomic E-state index is 0.151. The minimum atomic E-state index is -0.151. The number of rotatable bonds is 6. The lowest BCUT2D eigenvalue weighted by molar-refractivity contribution is 0.105. The van der Waals surface area contributed by atoms with Crippen molar-refractivity contribution in [3.05, 3.63) is 0 Å². The quantitative estimate of drug-likeness (QED) is 0.542. The van der Waals surface area contributed by atoms with E-state index in [4.69, 9.17) is 9.57 Å². The highest BCUT2D eigenvalue weighted by Gasteiger charge is 2.30. The first-order valence-corrected chi connectivity index (χ1v) is 9.95. The van der Waals surface area contributed by atoms with Gasteiger partial charge in [0.15, 0.2) is 0 Å². The van der Waals surface area contributed by atoms with Crippen LogP contribution in [0.5, 0.6) is 0 Å². The zero-order valence-electron chi connectivity index (χ0n) is 16.2. The molecule has 144 valence electrons. The molecule has 0 aromatic heterocycles. The second kappa shape index (κ2) is 10.6. The highest BCUT2D eigenvalue weighted by Crippen LogP contribution is 2.26. The maximum absolute atomic E-state index is 11.9. The molecule has 0 bridgehead atoms. The summed E-state index contributed by atoms with van der Waals surface area (Å²) in [5.41, 5.74) is 1.24. The van der Waals surface area contributed by atoms with Crippen molar-refractivity contribution in [1.29, 1.82) is 0 Å². The summed E-state index contributed by atoms with van der Waals surface area (Å²) in [6, 6.07) is 0.592. The van der Waals surface area contributed by atoms with Crippen molar-refractivity contribution < 1.29 is 14.4 Å². The van der Waals surface area contributed by atoms with Gasteiger partial charge in [-0.25, -0.2) is 4.79 Å². The molecule has 0 aromatic carbocycles. The van der Waals surface area contributed by atoms with Crippen LogP contribution in [-0.2, 0) is 9.57 Å². The zero-order chi connectivity index (χ0) is 18.1. The van der Waals surface area contributed by atoms with Gasteiger partial charge in [0.2, 0.25) is 0 Å².